The summed E-state index contributed by atoms with van der Waals surface area (Å²) in [5, 5.41) is 0. The van der Waals surface area contributed by atoms with Gasteiger partial charge in [-0.2, -0.15) is 0 Å². The molecule has 0 spiro atoms. The van der Waals surface area contributed by atoms with Gasteiger partial charge < -0.3 is 9.64 Å². The van der Waals surface area contributed by atoms with E-state index in [1.807, 2.05) is 24.3 Å². The first-order valence-corrected chi connectivity index (χ1v) is 9.89. The highest BCUT2D eigenvalue weighted by atomic mass is 32.2. The van der Waals surface area contributed by atoms with Gasteiger partial charge in [0.2, 0.25) is 10.0 Å². The molecule has 2 aromatic rings. The van der Waals surface area contributed by atoms with E-state index in [1.165, 1.54) is 17.0 Å². The van der Waals surface area contributed by atoms with Crippen molar-refractivity contribution < 1.29 is 17.9 Å². The largest absolute Gasteiger partial charge is 0.496 e. The Morgan fingerprint density at radius 1 is 1.19 bits per heavy atom. The fourth-order valence-electron chi connectivity index (χ4n) is 2.67. The molecule has 138 valence electrons. The van der Waals surface area contributed by atoms with Crippen molar-refractivity contribution in [3.05, 3.63) is 59.7 Å². The molecular weight excluding hydrogens is 352 g/mol. The summed E-state index contributed by atoms with van der Waals surface area (Å²) in [6.45, 7) is 0.361. The second kappa shape index (κ2) is 7.47. The van der Waals surface area contributed by atoms with Gasteiger partial charge in [0.1, 0.15) is 5.75 Å². The molecule has 6 nitrogen and oxygen atoms in total. The van der Waals surface area contributed by atoms with E-state index >= 15 is 0 Å². The van der Waals surface area contributed by atoms with Crippen LogP contribution in [0.15, 0.2) is 53.4 Å². The van der Waals surface area contributed by atoms with Gasteiger partial charge in [0, 0.05) is 30.8 Å². The summed E-state index contributed by atoms with van der Waals surface area (Å²) < 4.78 is 32.6. The number of methoxy groups -OCH3 is 1. The van der Waals surface area contributed by atoms with Gasteiger partial charge in [-0.15, -0.1) is 0 Å². The first-order chi connectivity index (χ1) is 12.4. The molecule has 0 aliphatic heterocycles. The Balaban J connectivity index is 1.77. The third-order valence-corrected chi connectivity index (χ3v) is 5.76. The predicted octanol–water partition coefficient (Wildman–Crippen LogP) is 2.41. The Hall–Kier alpha value is -2.38. The van der Waals surface area contributed by atoms with E-state index in [2.05, 4.69) is 4.72 Å². The van der Waals surface area contributed by atoms with Crippen LogP contribution in [0.5, 0.6) is 5.75 Å². The highest BCUT2D eigenvalue weighted by Gasteiger charge is 2.28. The molecule has 3 rings (SSSR count). The summed E-state index contributed by atoms with van der Waals surface area (Å²) in [4.78, 5) is 14.4. The van der Waals surface area contributed by atoms with Crippen LogP contribution in [0.3, 0.4) is 0 Å². The Morgan fingerprint density at radius 3 is 2.62 bits per heavy atom. The number of carbonyl (C=O) groups excluding carboxylic acids is 1. The van der Waals surface area contributed by atoms with Crippen LogP contribution in [0.25, 0.3) is 0 Å². The van der Waals surface area contributed by atoms with Crippen LogP contribution in [0.1, 0.15) is 28.8 Å². The standard InChI is InChI=1S/C19H22N2O4S/c1-21(13-15-6-3-4-9-18(15)25-2)19(22)14-7-5-8-17(12-14)26(23,24)20-16-10-11-16/h3-9,12,16,20H,10-11,13H2,1-2H3. The van der Waals surface area contributed by atoms with Gasteiger partial charge in [-0.05, 0) is 37.1 Å². The first-order valence-electron chi connectivity index (χ1n) is 8.40. The molecule has 2 aromatic carbocycles. The topological polar surface area (TPSA) is 75.7 Å². The molecule has 0 aromatic heterocycles. The fraction of sp³-hybridized carbons (Fsp3) is 0.316. The maximum atomic E-state index is 12.7. The van der Waals surface area contributed by atoms with Gasteiger partial charge in [-0.3, -0.25) is 4.79 Å². The van der Waals surface area contributed by atoms with Crippen molar-refractivity contribution in [3.63, 3.8) is 0 Å². The number of sulfonamides is 1. The van der Waals surface area contributed by atoms with Crippen LogP contribution >= 0.6 is 0 Å². The summed E-state index contributed by atoms with van der Waals surface area (Å²) in [6.07, 6.45) is 1.72. The Bertz CT molecular complexity index is 907. The van der Waals surface area contributed by atoms with Crippen LogP contribution in [-0.4, -0.2) is 39.4 Å². The molecule has 0 atom stereocenters. The van der Waals surface area contributed by atoms with Crippen molar-refractivity contribution in [2.24, 2.45) is 0 Å². The number of hydrogen-bond donors (Lipinski definition) is 1. The minimum atomic E-state index is -3.59. The van der Waals surface area contributed by atoms with Gasteiger partial charge in [-0.1, -0.05) is 24.3 Å². The molecule has 0 unspecified atom stereocenters. The van der Waals surface area contributed by atoms with Crippen molar-refractivity contribution in [1.82, 2.24) is 9.62 Å². The predicted molar refractivity (Wildman–Crippen MR) is 98.6 cm³/mol. The fourth-order valence-corrected chi connectivity index (χ4v) is 4.02. The van der Waals surface area contributed by atoms with E-state index in [0.29, 0.717) is 17.9 Å². The van der Waals surface area contributed by atoms with Crippen molar-refractivity contribution in [2.75, 3.05) is 14.2 Å². The maximum Gasteiger partial charge on any atom is 0.253 e. The molecule has 1 amide bonds. The van der Waals surface area contributed by atoms with Gasteiger partial charge in [0.05, 0.1) is 12.0 Å². The zero-order valence-electron chi connectivity index (χ0n) is 14.8. The lowest BCUT2D eigenvalue weighted by molar-refractivity contribution is 0.0784. The number of hydrogen-bond acceptors (Lipinski definition) is 4. The zero-order valence-corrected chi connectivity index (χ0v) is 15.6. The Labute approximate surface area is 153 Å². The van der Waals surface area contributed by atoms with Crippen LogP contribution < -0.4 is 9.46 Å². The van der Waals surface area contributed by atoms with E-state index in [0.717, 1.165) is 18.4 Å². The lowest BCUT2D eigenvalue weighted by Crippen LogP contribution is -2.28. The molecule has 1 N–H and O–H groups in total. The maximum absolute atomic E-state index is 12.7. The van der Waals surface area contributed by atoms with Crippen LogP contribution in [0.2, 0.25) is 0 Å². The Morgan fingerprint density at radius 2 is 1.92 bits per heavy atom. The van der Waals surface area contributed by atoms with E-state index in [4.69, 9.17) is 4.74 Å². The molecule has 26 heavy (non-hydrogen) atoms. The highest BCUT2D eigenvalue weighted by molar-refractivity contribution is 7.89. The molecule has 1 fully saturated rings. The second-order valence-corrected chi connectivity index (χ2v) is 8.11. The Kier molecular flexibility index (Phi) is 5.29. The monoisotopic (exact) mass is 374 g/mol. The van der Waals surface area contributed by atoms with Gasteiger partial charge in [0.15, 0.2) is 0 Å². The molecule has 0 bridgehead atoms. The molecule has 1 aliphatic rings. The number of para-hydroxylation sites is 1. The summed E-state index contributed by atoms with van der Waals surface area (Å²) in [6, 6.07) is 13.6. The molecular formula is C19H22N2O4S. The SMILES string of the molecule is COc1ccccc1CN(C)C(=O)c1cccc(S(=O)(=O)NC2CC2)c1. The summed E-state index contributed by atoms with van der Waals surface area (Å²) in [7, 11) is -0.325. The minimum Gasteiger partial charge on any atom is -0.496 e. The lowest BCUT2D eigenvalue weighted by Gasteiger charge is -2.19. The normalized spacial score (nSPS) is 14.1. The number of ether oxygens (including phenoxy) is 1. The molecule has 0 radical (unpaired) electrons. The molecule has 1 saturated carbocycles. The number of carbonyl (C=O) groups is 1. The summed E-state index contributed by atoms with van der Waals surface area (Å²) in [5.41, 5.74) is 1.21. The molecule has 0 heterocycles. The average Bonchev–Trinajstić information content (AvgIpc) is 3.45. The van der Waals surface area contributed by atoms with Crippen LogP contribution in [-0.2, 0) is 16.6 Å². The molecule has 0 saturated heterocycles. The number of rotatable bonds is 7. The third-order valence-electron chi connectivity index (χ3n) is 4.24. The van der Waals surface area contributed by atoms with Crippen LogP contribution in [0.4, 0.5) is 0 Å². The van der Waals surface area contributed by atoms with E-state index in [1.54, 1.807) is 26.3 Å². The number of nitrogens with zero attached hydrogens (tertiary/aromatic N) is 1. The second-order valence-electron chi connectivity index (χ2n) is 6.40. The van der Waals surface area contributed by atoms with Crippen molar-refractivity contribution >= 4 is 15.9 Å². The van der Waals surface area contributed by atoms with E-state index in [-0.39, 0.29) is 16.8 Å². The van der Waals surface area contributed by atoms with Crippen molar-refractivity contribution in [1.29, 1.82) is 0 Å². The van der Waals surface area contributed by atoms with E-state index in [9.17, 15) is 13.2 Å². The third kappa shape index (κ3) is 4.23. The van der Waals surface area contributed by atoms with Crippen LogP contribution in [0, 0.1) is 0 Å². The smallest absolute Gasteiger partial charge is 0.253 e. The van der Waals surface area contributed by atoms with Gasteiger partial charge in [-0.25, -0.2) is 13.1 Å². The quantitative estimate of drug-likeness (QED) is 0.807. The lowest BCUT2D eigenvalue weighted by atomic mass is 10.1. The van der Waals surface area contributed by atoms with Gasteiger partial charge >= 0.3 is 0 Å². The number of benzene rings is 2. The number of amides is 1. The van der Waals surface area contributed by atoms with Crippen molar-refractivity contribution in [3.8, 4) is 5.75 Å². The summed E-state index contributed by atoms with van der Waals surface area (Å²) in [5.74, 6) is 0.455. The first kappa shape index (κ1) is 18.4. The zero-order chi connectivity index (χ0) is 18.7. The van der Waals surface area contributed by atoms with Crippen molar-refractivity contribution in [2.45, 2.75) is 30.3 Å². The van der Waals surface area contributed by atoms with Gasteiger partial charge in [0.25, 0.3) is 5.91 Å². The van der Waals surface area contributed by atoms with E-state index < -0.39 is 10.0 Å². The molecule has 7 heteroatoms. The number of nitrogens with one attached hydrogen (secondary N) is 1. The minimum absolute atomic E-state index is 0.0209. The molecule has 1 aliphatic carbocycles. The average molecular weight is 374 g/mol. The highest BCUT2D eigenvalue weighted by Crippen LogP contribution is 2.23. The summed E-state index contributed by atoms with van der Waals surface area (Å²) >= 11 is 0.